The second-order valence-corrected chi connectivity index (χ2v) is 5.05. The topological polar surface area (TPSA) is 26.3 Å². The highest BCUT2D eigenvalue weighted by Crippen LogP contribution is 2.29. The average molecular weight is 246 g/mol. The van der Waals surface area contributed by atoms with Gasteiger partial charge in [0.1, 0.15) is 5.75 Å². The van der Waals surface area contributed by atoms with Gasteiger partial charge in [-0.25, -0.2) is 0 Å². The molecule has 0 amide bonds. The Morgan fingerprint density at radius 2 is 2.00 bits per heavy atom. The predicted molar refractivity (Wildman–Crippen MR) is 72.9 cm³/mol. The van der Waals surface area contributed by atoms with Crippen molar-refractivity contribution in [2.75, 3.05) is 0 Å². The van der Waals surface area contributed by atoms with E-state index < -0.39 is 0 Å². The smallest absolute Gasteiger partial charge is 0.173 e. The zero-order chi connectivity index (χ0) is 12.8. The van der Waals surface area contributed by atoms with Crippen LogP contribution in [0.1, 0.15) is 51.0 Å². The van der Waals surface area contributed by atoms with E-state index in [9.17, 15) is 4.79 Å². The first-order valence-corrected chi connectivity index (χ1v) is 7.08. The maximum absolute atomic E-state index is 12.0. The summed E-state index contributed by atoms with van der Waals surface area (Å²) in [7, 11) is 0. The SMILES string of the molecule is CCCCCCCC(=O)C1Cc2ccccc2O1. The number of unbranched alkanes of at least 4 members (excludes halogenated alkanes) is 4. The van der Waals surface area contributed by atoms with Crippen molar-refractivity contribution in [1.82, 2.24) is 0 Å². The van der Waals surface area contributed by atoms with Crippen LogP contribution in [0.25, 0.3) is 0 Å². The molecule has 2 nitrogen and oxygen atoms in total. The van der Waals surface area contributed by atoms with Crippen molar-refractivity contribution in [2.45, 2.75) is 58.0 Å². The van der Waals surface area contributed by atoms with E-state index in [1.54, 1.807) is 0 Å². The molecule has 0 fully saturated rings. The van der Waals surface area contributed by atoms with Gasteiger partial charge in [-0.3, -0.25) is 4.79 Å². The molecule has 0 spiro atoms. The number of hydrogen-bond donors (Lipinski definition) is 0. The first kappa shape index (κ1) is 13.1. The normalized spacial score (nSPS) is 17.3. The Kier molecular flexibility index (Phi) is 4.80. The fourth-order valence-electron chi connectivity index (χ4n) is 2.43. The van der Waals surface area contributed by atoms with Gasteiger partial charge < -0.3 is 4.74 Å². The van der Waals surface area contributed by atoms with Crippen molar-refractivity contribution in [3.8, 4) is 5.75 Å². The lowest BCUT2D eigenvalue weighted by Gasteiger charge is -2.09. The summed E-state index contributed by atoms with van der Waals surface area (Å²) >= 11 is 0. The number of carbonyl (C=O) groups is 1. The van der Waals surface area contributed by atoms with Crippen LogP contribution in [0.3, 0.4) is 0 Å². The molecular formula is C16H22O2. The molecule has 1 atom stereocenters. The van der Waals surface area contributed by atoms with Gasteiger partial charge in [0, 0.05) is 12.8 Å². The number of benzene rings is 1. The second-order valence-electron chi connectivity index (χ2n) is 5.05. The molecule has 98 valence electrons. The van der Waals surface area contributed by atoms with Crippen molar-refractivity contribution < 1.29 is 9.53 Å². The van der Waals surface area contributed by atoms with Gasteiger partial charge in [0.2, 0.25) is 0 Å². The summed E-state index contributed by atoms with van der Waals surface area (Å²) in [5.41, 5.74) is 1.17. The Bertz CT molecular complexity index is 373. The van der Waals surface area contributed by atoms with Crippen molar-refractivity contribution in [2.24, 2.45) is 0 Å². The summed E-state index contributed by atoms with van der Waals surface area (Å²) in [6.45, 7) is 2.20. The number of Topliss-reactive ketones (excluding diaryl/α,β-unsaturated/α-hetero) is 1. The van der Waals surface area contributed by atoms with Gasteiger partial charge in [0.15, 0.2) is 11.9 Å². The van der Waals surface area contributed by atoms with Gasteiger partial charge in [-0.05, 0) is 18.1 Å². The summed E-state index contributed by atoms with van der Waals surface area (Å²) < 4.78 is 5.70. The van der Waals surface area contributed by atoms with Crippen LogP contribution in [0.5, 0.6) is 5.75 Å². The molecule has 1 aliphatic heterocycles. The van der Waals surface area contributed by atoms with E-state index >= 15 is 0 Å². The molecule has 1 heterocycles. The zero-order valence-corrected chi connectivity index (χ0v) is 11.2. The van der Waals surface area contributed by atoms with Crippen molar-refractivity contribution in [1.29, 1.82) is 0 Å². The molecule has 0 saturated carbocycles. The molecule has 1 aliphatic rings. The number of carbonyl (C=O) groups excluding carboxylic acids is 1. The Hall–Kier alpha value is -1.31. The maximum atomic E-state index is 12.0. The third-order valence-electron chi connectivity index (χ3n) is 3.53. The highest BCUT2D eigenvalue weighted by molar-refractivity contribution is 5.84. The van der Waals surface area contributed by atoms with E-state index in [2.05, 4.69) is 6.92 Å². The van der Waals surface area contributed by atoms with E-state index in [0.717, 1.165) is 18.6 Å². The van der Waals surface area contributed by atoms with Crippen LogP contribution >= 0.6 is 0 Å². The summed E-state index contributed by atoms with van der Waals surface area (Å²) in [5, 5.41) is 0. The lowest BCUT2D eigenvalue weighted by Crippen LogP contribution is -2.24. The standard InChI is InChI=1S/C16H22O2/c1-2-3-4-5-6-10-14(17)16-12-13-9-7-8-11-15(13)18-16/h7-9,11,16H,2-6,10,12H2,1H3. The molecule has 0 bridgehead atoms. The second kappa shape index (κ2) is 6.58. The molecule has 0 aliphatic carbocycles. The number of hydrogen-bond acceptors (Lipinski definition) is 2. The molecule has 0 saturated heterocycles. The molecule has 2 heteroatoms. The number of fused-ring (bicyclic) bond motifs is 1. The van der Waals surface area contributed by atoms with Crippen molar-refractivity contribution in [3.05, 3.63) is 29.8 Å². The maximum Gasteiger partial charge on any atom is 0.173 e. The van der Waals surface area contributed by atoms with Crippen LogP contribution in [0.4, 0.5) is 0 Å². The highest BCUT2D eigenvalue weighted by atomic mass is 16.5. The Morgan fingerprint density at radius 3 is 2.78 bits per heavy atom. The van der Waals surface area contributed by atoms with Crippen LogP contribution < -0.4 is 4.74 Å². The number of ketones is 1. The van der Waals surface area contributed by atoms with E-state index in [4.69, 9.17) is 4.74 Å². The van der Waals surface area contributed by atoms with Crippen molar-refractivity contribution in [3.63, 3.8) is 0 Å². The molecule has 1 unspecified atom stereocenters. The quantitative estimate of drug-likeness (QED) is 0.682. The van der Waals surface area contributed by atoms with Gasteiger partial charge in [0.25, 0.3) is 0 Å². The zero-order valence-electron chi connectivity index (χ0n) is 11.2. The number of ether oxygens (including phenoxy) is 1. The summed E-state index contributed by atoms with van der Waals surface area (Å²) in [6, 6.07) is 7.95. The van der Waals surface area contributed by atoms with E-state index in [-0.39, 0.29) is 11.9 Å². The van der Waals surface area contributed by atoms with Crippen LogP contribution in [-0.2, 0) is 11.2 Å². The van der Waals surface area contributed by atoms with Crippen LogP contribution in [-0.4, -0.2) is 11.9 Å². The van der Waals surface area contributed by atoms with Crippen LogP contribution in [0, 0.1) is 0 Å². The monoisotopic (exact) mass is 246 g/mol. The van der Waals surface area contributed by atoms with Gasteiger partial charge in [0.05, 0.1) is 0 Å². The number of para-hydroxylation sites is 1. The summed E-state index contributed by atoms with van der Waals surface area (Å²) in [6.07, 6.45) is 7.14. The van der Waals surface area contributed by atoms with Gasteiger partial charge in [-0.2, -0.15) is 0 Å². The third kappa shape index (κ3) is 3.34. The Labute approximate surface area is 109 Å². The fraction of sp³-hybridized carbons (Fsp3) is 0.562. The van der Waals surface area contributed by atoms with Crippen LogP contribution in [0.2, 0.25) is 0 Å². The average Bonchev–Trinajstić information content (AvgIpc) is 2.82. The fourth-order valence-corrected chi connectivity index (χ4v) is 2.43. The lowest BCUT2D eigenvalue weighted by molar-refractivity contribution is -0.125. The van der Waals surface area contributed by atoms with E-state index in [1.807, 2.05) is 24.3 Å². The summed E-state index contributed by atoms with van der Waals surface area (Å²) in [5.74, 6) is 1.16. The minimum atomic E-state index is -0.228. The molecule has 0 N–H and O–H groups in total. The predicted octanol–water partition coefficient (Wildman–Crippen LogP) is 3.92. The Balaban J connectivity index is 1.72. The Morgan fingerprint density at radius 1 is 1.22 bits per heavy atom. The molecule has 18 heavy (non-hydrogen) atoms. The van der Waals surface area contributed by atoms with E-state index in [1.165, 1.54) is 31.2 Å². The van der Waals surface area contributed by atoms with E-state index in [0.29, 0.717) is 6.42 Å². The van der Waals surface area contributed by atoms with Gasteiger partial charge in [-0.1, -0.05) is 50.8 Å². The molecular weight excluding hydrogens is 224 g/mol. The summed E-state index contributed by atoms with van der Waals surface area (Å²) in [4.78, 5) is 12.0. The molecule has 0 radical (unpaired) electrons. The molecule has 1 aromatic carbocycles. The van der Waals surface area contributed by atoms with Gasteiger partial charge in [-0.15, -0.1) is 0 Å². The van der Waals surface area contributed by atoms with Gasteiger partial charge >= 0.3 is 0 Å². The third-order valence-corrected chi connectivity index (χ3v) is 3.53. The minimum absolute atomic E-state index is 0.228. The first-order valence-electron chi connectivity index (χ1n) is 7.08. The molecule has 1 aromatic rings. The van der Waals surface area contributed by atoms with Crippen molar-refractivity contribution >= 4 is 5.78 Å². The largest absolute Gasteiger partial charge is 0.482 e. The highest BCUT2D eigenvalue weighted by Gasteiger charge is 2.27. The minimum Gasteiger partial charge on any atom is -0.482 e. The number of rotatable bonds is 7. The first-order chi connectivity index (χ1) is 8.81. The van der Waals surface area contributed by atoms with Crippen LogP contribution in [0.15, 0.2) is 24.3 Å². The molecule has 2 rings (SSSR count). The molecule has 0 aromatic heterocycles. The lowest BCUT2D eigenvalue weighted by atomic mass is 10.0.